The van der Waals surface area contributed by atoms with Gasteiger partial charge in [0.05, 0.1) is 6.61 Å². The Kier molecular flexibility index (Phi) is 9.99. The Bertz CT molecular complexity index is 725. The SMILES string of the molecule is CC.CCOc1cc2cc(CC)c(=O)[nH]c2cc1CN(CC)CCNC. The number of rotatable bonds is 9. The molecule has 0 saturated heterocycles. The van der Waals surface area contributed by atoms with Gasteiger partial charge in [-0.05, 0) is 45.1 Å². The molecular formula is C21H35N3O2. The van der Waals surface area contributed by atoms with Crippen LogP contribution in [0.25, 0.3) is 10.9 Å². The third kappa shape index (κ3) is 5.85. The predicted molar refractivity (Wildman–Crippen MR) is 111 cm³/mol. The number of nitrogens with zero attached hydrogens (tertiary/aromatic N) is 1. The summed E-state index contributed by atoms with van der Waals surface area (Å²) < 4.78 is 5.86. The van der Waals surface area contributed by atoms with Gasteiger partial charge >= 0.3 is 0 Å². The predicted octanol–water partition coefficient (Wildman–Crippen LogP) is 3.56. The molecule has 0 fully saturated rings. The number of pyridine rings is 1. The molecule has 0 unspecified atom stereocenters. The van der Waals surface area contributed by atoms with Gasteiger partial charge in [-0.1, -0.05) is 27.7 Å². The van der Waals surface area contributed by atoms with Crippen molar-refractivity contribution in [1.29, 1.82) is 0 Å². The normalized spacial score (nSPS) is 10.7. The van der Waals surface area contributed by atoms with Gasteiger partial charge in [0.2, 0.25) is 0 Å². The van der Waals surface area contributed by atoms with Gasteiger partial charge < -0.3 is 15.0 Å². The Balaban J connectivity index is 0.00000163. The molecule has 2 rings (SSSR count). The molecule has 26 heavy (non-hydrogen) atoms. The number of benzene rings is 1. The number of hydrogen-bond acceptors (Lipinski definition) is 4. The second kappa shape index (κ2) is 11.7. The first-order valence-electron chi connectivity index (χ1n) is 9.81. The Morgan fingerprint density at radius 1 is 1.12 bits per heavy atom. The first kappa shape index (κ1) is 22.2. The molecule has 0 aliphatic heterocycles. The molecule has 0 spiro atoms. The Morgan fingerprint density at radius 3 is 2.42 bits per heavy atom. The van der Waals surface area contributed by atoms with Gasteiger partial charge in [0.15, 0.2) is 0 Å². The lowest BCUT2D eigenvalue weighted by Crippen LogP contribution is -2.30. The summed E-state index contributed by atoms with van der Waals surface area (Å²) in [6, 6.07) is 6.08. The van der Waals surface area contributed by atoms with Crippen molar-refractivity contribution < 1.29 is 4.74 Å². The minimum Gasteiger partial charge on any atom is -0.494 e. The number of fused-ring (bicyclic) bond motifs is 1. The molecule has 0 aliphatic rings. The zero-order valence-corrected chi connectivity index (χ0v) is 17.2. The van der Waals surface area contributed by atoms with Crippen molar-refractivity contribution in [3.63, 3.8) is 0 Å². The molecule has 0 bridgehead atoms. The number of H-pyrrole nitrogens is 1. The van der Waals surface area contributed by atoms with Crippen LogP contribution in [0.2, 0.25) is 0 Å². The van der Waals surface area contributed by atoms with Crippen molar-refractivity contribution in [3.8, 4) is 5.75 Å². The van der Waals surface area contributed by atoms with Gasteiger partial charge in [-0.15, -0.1) is 0 Å². The maximum Gasteiger partial charge on any atom is 0.251 e. The van der Waals surface area contributed by atoms with Crippen molar-refractivity contribution >= 4 is 10.9 Å². The van der Waals surface area contributed by atoms with E-state index in [1.165, 1.54) is 0 Å². The second-order valence-corrected chi connectivity index (χ2v) is 5.93. The molecule has 2 aromatic rings. The van der Waals surface area contributed by atoms with E-state index in [1.807, 2.05) is 40.8 Å². The summed E-state index contributed by atoms with van der Waals surface area (Å²) in [4.78, 5) is 17.5. The molecule has 5 heteroatoms. The number of hydrogen-bond donors (Lipinski definition) is 2. The molecule has 0 aliphatic carbocycles. The van der Waals surface area contributed by atoms with Crippen LogP contribution in [0.5, 0.6) is 5.75 Å². The molecule has 0 saturated carbocycles. The molecule has 0 amide bonds. The van der Waals surface area contributed by atoms with E-state index in [2.05, 4.69) is 34.3 Å². The first-order valence-corrected chi connectivity index (χ1v) is 9.81. The fraction of sp³-hybridized carbons (Fsp3) is 0.571. The number of aryl methyl sites for hydroxylation is 1. The van der Waals surface area contributed by atoms with E-state index >= 15 is 0 Å². The van der Waals surface area contributed by atoms with E-state index in [-0.39, 0.29) is 5.56 Å². The molecule has 0 radical (unpaired) electrons. The van der Waals surface area contributed by atoms with Crippen LogP contribution >= 0.6 is 0 Å². The van der Waals surface area contributed by atoms with Crippen LogP contribution in [-0.4, -0.2) is 43.2 Å². The summed E-state index contributed by atoms with van der Waals surface area (Å²) >= 11 is 0. The largest absolute Gasteiger partial charge is 0.494 e. The average Bonchev–Trinajstić information content (AvgIpc) is 2.67. The van der Waals surface area contributed by atoms with Gasteiger partial charge in [0, 0.05) is 41.7 Å². The topological polar surface area (TPSA) is 57.4 Å². The van der Waals surface area contributed by atoms with E-state index < -0.39 is 0 Å². The van der Waals surface area contributed by atoms with Crippen molar-refractivity contribution in [2.24, 2.45) is 0 Å². The third-order valence-corrected chi connectivity index (χ3v) is 4.30. The van der Waals surface area contributed by atoms with E-state index in [0.717, 1.165) is 60.4 Å². The zero-order chi connectivity index (χ0) is 19.5. The van der Waals surface area contributed by atoms with Gasteiger partial charge in [-0.25, -0.2) is 0 Å². The average molecular weight is 362 g/mol. The fourth-order valence-corrected chi connectivity index (χ4v) is 2.86. The summed E-state index contributed by atoms with van der Waals surface area (Å²) in [6.07, 6.45) is 0.727. The lowest BCUT2D eigenvalue weighted by molar-refractivity contribution is 0.271. The number of ether oxygens (including phenoxy) is 1. The Hall–Kier alpha value is -1.85. The van der Waals surface area contributed by atoms with Crippen molar-refractivity contribution in [2.75, 3.05) is 33.3 Å². The lowest BCUT2D eigenvalue weighted by atomic mass is 10.1. The summed E-state index contributed by atoms with van der Waals surface area (Å²) in [5, 5.41) is 4.21. The minimum atomic E-state index is 0.00244. The van der Waals surface area contributed by atoms with Crippen molar-refractivity contribution in [1.82, 2.24) is 15.2 Å². The molecule has 0 atom stereocenters. The van der Waals surface area contributed by atoms with Crippen LogP contribution in [0.15, 0.2) is 23.0 Å². The zero-order valence-electron chi connectivity index (χ0n) is 17.2. The summed E-state index contributed by atoms with van der Waals surface area (Å²) in [7, 11) is 1.96. The molecule has 5 nitrogen and oxygen atoms in total. The highest BCUT2D eigenvalue weighted by atomic mass is 16.5. The third-order valence-electron chi connectivity index (χ3n) is 4.30. The number of aromatic nitrogens is 1. The number of aromatic amines is 1. The molecule has 146 valence electrons. The van der Waals surface area contributed by atoms with E-state index in [1.54, 1.807) is 0 Å². The van der Waals surface area contributed by atoms with E-state index in [0.29, 0.717) is 6.61 Å². The van der Waals surface area contributed by atoms with Crippen LogP contribution in [-0.2, 0) is 13.0 Å². The molecule has 1 aromatic heterocycles. The smallest absolute Gasteiger partial charge is 0.251 e. The van der Waals surface area contributed by atoms with Crippen molar-refractivity contribution in [3.05, 3.63) is 39.7 Å². The molecule has 1 heterocycles. The monoisotopic (exact) mass is 361 g/mol. The molecular weight excluding hydrogens is 326 g/mol. The van der Waals surface area contributed by atoms with Gasteiger partial charge in [-0.2, -0.15) is 0 Å². The van der Waals surface area contributed by atoms with Crippen LogP contribution in [0.3, 0.4) is 0 Å². The maximum atomic E-state index is 12.1. The Labute approximate surface area is 157 Å². The summed E-state index contributed by atoms with van der Waals surface area (Å²) in [5.74, 6) is 0.905. The molecule has 2 N–H and O–H groups in total. The first-order chi connectivity index (χ1) is 12.6. The standard InChI is InChI=1S/C19H29N3O2.C2H6/c1-5-14-10-15-12-18(24-7-3)16(11-17(15)21-19(14)23)13-22(6-2)9-8-20-4;1-2/h10-12,20H,5-9,13H2,1-4H3,(H,21,23);1-2H3. The highest BCUT2D eigenvalue weighted by molar-refractivity contribution is 5.82. The summed E-state index contributed by atoms with van der Waals surface area (Å²) in [5.41, 5.74) is 2.80. The number of likely N-dealkylation sites (N-methyl/N-ethyl adjacent to an activating group) is 2. The van der Waals surface area contributed by atoms with Crippen molar-refractivity contribution in [2.45, 2.75) is 47.6 Å². The highest BCUT2D eigenvalue weighted by Gasteiger charge is 2.12. The van der Waals surface area contributed by atoms with Gasteiger partial charge in [0.25, 0.3) is 5.56 Å². The van der Waals surface area contributed by atoms with Crippen LogP contribution < -0.4 is 15.6 Å². The van der Waals surface area contributed by atoms with E-state index in [9.17, 15) is 4.79 Å². The lowest BCUT2D eigenvalue weighted by Gasteiger charge is -2.22. The van der Waals surface area contributed by atoms with Gasteiger partial charge in [0.1, 0.15) is 5.75 Å². The van der Waals surface area contributed by atoms with E-state index in [4.69, 9.17) is 4.74 Å². The van der Waals surface area contributed by atoms with Crippen LogP contribution in [0.4, 0.5) is 0 Å². The fourth-order valence-electron chi connectivity index (χ4n) is 2.86. The minimum absolute atomic E-state index is 0.00244. The number of nitrogens with one attached hydrogen (secondary N) is 2. The summed E-state index contributed by atoms with van der Waals surface area (Å²) in [6.45, 7) is 14.5. The highest BCUT2D eigenvalue weighted by Crippen LogP contribution is 2.26. The molecule has 1 aromatic carbocycles. The van der Waals surface area contributed by atoms with Gasteiger partial charge in [-0.3, -0.25) is 9.69 Å². The second-order valence-electron chi connectivity index (χ2n) is 5.93. The van der Waals surface area contributed by atoms with Crippen LogP contribution in [0.1, 0.15) is 45.7 Å². The Morgan fingerprint density at radius 2 is 1.85 bits per heavy atom. The maximum absolute atomic E-state index is 12.1. The quantitative estimate of drug-likeness (QED) is 0.717. The van der Waals surface area contributed by atoms with Crippen LogP contribution in [0, 0.1) is 0 Å².